The maximum Gasteiger partial charge on any atom is 0.275 e. The number of thiazole rings is 1. The third-order valence-corrected chi connectivity index (χ3v) is 3.80. The Morgan fingerprint density at radius 2 is 1.75 bits per heavy atom. The van der Waals surface area contributed by atoms with Gasteiger partial charge in [0, 0.05) is 22.5 Å². The normalized spacial score (nSPS) is 10.5. The molecule has 1 amide bonds. The van der Waals surface area contributed by atoms with Crippen LogP contribution in [0, 0.1) is 19.7 Å². The Bertz CT molecular complexity index is 858. The number of rotatable bonds is 4. The van der Waals surface area contributed by atoms with Crippen LogP contribution >= 0.6 is 11.3 Å². The van der Waals surface area contributed by atoms with E-state index in [1.807, 2.05) is 19.9 Å². The topological polar surface area (TPSA) is 79.8 Å². The molecule has 2 aromatic heterocycles. The highest BCUT2D eigenvalue weighted by molar-refractivity contribution is 7.14. The molecule has 8 heteroatoms. The van der Waals surface area contributed by atoms with Gasteiger partial charge in [0.1, 0.15) is 11.5 Å². The van der Waals surface area contributed by atoms with E-state index in [0.717, 1.165) is 11.4 Å². The van der Waals surface area contributed by atoms with Gasteiger partial charge in [-0.25, -0.2) is 19.3 Å². The highest BCUT2D eigenvalue weighted by Gasteiger charge is 2.12. The average Bonchev–Trinajstić information content (AvgIpc) is 2.97. The van der Waals surface area contributed by atoms with Crippen molar-refractivity contribution in [2.75, 3.05) is 10.6 Å². The molecule has 2 N–H and O–H groups in total. The Balaban J connectivity index is 1.70. The number of carbonyl (C=O) groups is 1. The van der Waals surface area contributed by atoms with Crippen LogP contribution in [-0.4, -0.2) is 20.9 Å². The summed E-state index contributed by atoms with van der Waals surface area (Å²) in [6.07, 6.45) is 0. The van der Waals surface area contributed by atoms with E-state index >= 15 is 0 Å². The summed E-state index contributed by atoms with van der Waals surface area (Å²) >= 11 is 1.27. The summed E-state index contributed by atoms with van der Waals surface area (Å²) in [5.41, 5.74) is 2.45. The van der Waals surface area contributed by atoms with E-state index in [0.29, 0.717) is 16.8 Å². The number of nitrogens with one attached hydrogen (secondary N) is 2. The first-order chi connectivity index (χ1) is 11.5. The molecule has 0 aliphatic carbocycles. The standard InChI is InChI=1S/C16H14FN5OS/c1-9-7-10(2)19-15(18-9)22-16-21-13(8-24-16)14(23)20-12-5-3-11(17)4-6-12/h3-8H,1-2H3,(H,20,23)(H,18,19,21,22). The summed E-state index contributed by atoms with van der Waals surface area (Å²) in [4.78, 5) is 24.9. The van der Waals surface area contributed by atoms with Gasteiger partial charge in [0.25, 0.3) is 5.91 Å². The van der Waals surface area contributed by atoms with Gasteiger partial charge in [-0.3, -0.25) is 4.79 Å². The second-order valence-corrected chi connectivity index (χ2v) is 5.96. The molecule has 0 aliphatic rings. The lowest BCUT2D eigenvalue weighted by atomic mass is 10.3. The summed E-state index contributed by atoms with van der Waals surface area (Å²) in [6.45, 7) is 3.76. The molecule has 0 spiro atoms. The summed E-state index contributed by atoms with van der Waals surface area (Å²) in [7, 11) is 0. The molecule has 3 rings (SSSR count). The van der Waals surface area contributed by atoms with Gasteiger partial charge in [-0.05, 0) is 44.2 Å². The quantitative estimate of drug-likeness (QED) is 0.755. The average molecular weight is 343 g/mol. The lowest BCUT2D eigenvalue weighted by molar-refractivity contribution is 0.102. The molecular weight excluding hydrogens is 329 g/mol. The molecule has 24 heavy (non-hydrogen) atoms. The number of aromatic nitrogens is 3. The van der Waals surface area contributed by atoms with Gasteiger partial charge in [-0.1, -0.05) is 0 Å². The van der Waals surface area contributed by atoms with Crippen molar-refractivity contribution in [3.8, 4) is 0 Å². The fourth-order valence-corrected chi connectivity index (χ4v) is 2.73. The molecule has 3 aromatic rings. The van der Waals surface area contributed by atoms with Crippen LogP contribution in [0.25, 0.3) is 0 Å². The lowest BCUT2D eigenvalue weighted by Crippen LogP contribution is -2.12. The highest BCUT2D eigenvalue weighted by Crippen LogP contribution is 2.20. The van der Waals surface area contributed by atoms with E-state index in [1.54, 1.807) is 5.38 Å². The molecule has 0 fully saturated rings. The summed E-state index contributed by atoms with van der Waals surface area (Å²) in [5.74, 6) is -0.291. The highest BCUT2D eigenvalue weighted by atomic mass is 32.1. The molecule has 6 nitrogen and oxygen atoms in total. The number of carbonyl (C=O) groups excluding carboxylic acids is 1. The first-order valence-corrected chi connectivity index (χ1v) is 7.99. The van der Waals surface area contributed by atoms with Crippen LogP contribution < -0.4 is 10.6 Å². The monoisotopic (exact) mass is 343 g/mol. The Kier molecular flexibility index (Phi) is 4.48. The zero-order valence-electron chi connectivity index (χ0n) is 13.0. The largest absolute Gasteiger partial charge is 0.321 e. The predicted octanol–water partition coefficient (Wildman–Crippen LogP) is 3.68. The minimum atomic E-state index is -0.368. The summed E-state index contributed by atoms with van der Waals surface area (Å²) in [6, 6.07) is 7.40. The van der Waals surface area contributed by atoms with E-state index in [-0.39, 0.29) is 17.4 Å². The van der Waals surface area contributed by atoms with E-state index < -0.39 is 0 Å². The van der Waals surface area contributed by atoms with Crippen LogP contribution in [0.2, 0.25) is 0 Å². The van der Waals surface area contributed by atoms with Gasteiger partial charge < -0.3 is 10.6 Å². The van der Waals surface area contributed by atoms with Crippen molar-refractivity contribution in [3.63, 3.8) is 0 Å². The van der Waals surface area contributed by atoms with Crippen molar-refractivity contribution in [2.24, 2.45) is 0 Å². The number of hydrogen-bond donors (Lipinski definition) is 2. The number of halogens is 1. The van der Waals surface area contributed by atoms with E-state index in [9.17, 15) is 9.18 Å². The van der Waals surface area contributed by atoms with Crippen LogP contribution in [-0.2, 0) is 0 Å². The van der Waals surface area contributed by atoms with Crippen LogP contribution in [0.5, 0.6) is 0 Å². The molecule has 0 radical (unpaired) electrons. The van der Waals surface area contributed by atoms with Crippen molar-refractivity contribution in [3.05, 3.63) is 58.6 Å². The lowest BCUT2D eigenvalue weighted by Gasteiger charge is -2.04. The zero-order valence-corrected chi connectivity index (χ0v) is 13.8. The van der Waals surface area contributed by atoms with Gasteiger partial charge in [-0.2, -0.15) is 0 Å². The molecule has 0 bridgehead atoms. The third kappa shape index (κ3) is 3.90. The first kappa shape index (κ1) is 16.0. The molecule has 0 saturated carbocycles. The second kappa shape index (κ2) is 6.71. The summed E-state index contributed by atoms with van der Waals surface area (Å²) < 4.78 is 12.9. The predicted molar refractivity (Wildman–Crippen MR) is 91.3 cm³/mol. The van der Waals surface area contributed by atoms with E-state index in [4.69, 9.17) is 0 Å². The van der Waals surface area contributed by atoms with Crippen LogP contribution in [0.15, 0.2) is 35.7 Å². The smallest absolute Gasteiger partial charge is 0.275 e. The maximum absolute atomic E-state index is 12.9. The van der Waals surface area contributed by atoms with Crippen molar-refractivity contribution >= 4 is 34.0 Å². The fourth-order valence-electron chi connectivity index (χ4n) is 2.04. The van der Waals surface area contributed by atoms with Crippen molar-refractivity contribution in [1.82, 2.24) is 15.0 Å². The molecule has 2 heterocycles. The second-order valence-electron chi connectivity index (χ2n) is 5.10. The molecule has 1 aromatic carbocycles. The fraction of sp³-hybridized carbons (Fsp3) is 0.125. The van der Waals surface area contributed by atoms with Gasteiger partial charge in [-0.15, -0.1) is 11.3 Å². The molecule has 122 valence electrons. The van der Waals surface area contributed by atoms with E-state index in [2.05, 4.69) is 25.6 Å². The number of aryl methyl sites for hydroxylation is 2. The third-order valence-electron chi connectivity index (χ3n) is 3.04. The van der Waals surface area contributed by atoms with Gasteiger partial charge >= 0.3 is 0 Å². The van der Waals surface area contributed by atoms with Crippen molar-refractivity contribution in [1.29, 1.82) is 0 Å². The van der Waals surface area contributed by atoms with E-state index in [1.165, 1.54) is 35.6 Å². The number of nitrogens with zero attached hydrogens (tertiary/aromatic N) is 3. The zero-order chi connectivity index (χ0) is 17.1. The molecule has 0 unspecified atom stereocenters. The Hall–Kier alpha value is -2.87. The minimum absolute atomic E-state index is 0.260. The molecule has 0 saturated heterocycles. The number of anilines is 3. The summed E-state index contributed by atoms with van der Waals surface area (Å²) in [5, 5.41) is 7.79. The SMILES string of the molecule is Cc1cc(C)nc(Nc2nc(C(=O)Nc3ccc(F)cc3)cs2)n1. The Morgan fingerprint density at radius 3 is 2.42 bits per heavy atom. The maximum atomic E-state index is 12.9. The Labute approximate surface area is 141 Å². The number of amides is 1. The van der Waals surface area contributed by atoms with Crippen LogP contribution in [0.4, 0.5) is 21.2 Å². The van der Waals surface area contributed by atoms with Crippen molar-refractivity contribution in [2.45, 2.75) is 13.8 Å². The van der Waals surface area contributed by atoms with Gasteiger partial charge in [0.15, 0.2) is 5.13 Å². The molecular formula is C16H14FN5OS. The first-order valence-electron chi connectivity index (χ1n) is 7.11. The van der Waals surface area contributed by atoms with Gasteiger partial charge in [0.2, 0.25) is 5.95 Å². The van der Waals surface area contributed by atoms with Gasteiger partial charge in [0.05, 0.1) is 0 Å². The molecule has 0 atom stereocenters. The number of hydrogen-bond acceptors (Lipinski definition) is 6. The number of benzene rings is 1. The van der Waals surface area contributed by atoms with Crippen LogP contribution in [0.3, 0.4) is 0 Å². The molecule has 0 aliphatic heterocycles. The van der Waals surface area contributed by atoms with Crippen molar-refractivity contribution < 1.29 is 9.18 Å². The minimum Gasteiger partial charge on any atom is -0.321 e. The Morgan fingerprint density at radius 1 is 1.08 bits per heavy atom. The van der Waals surface area contributed by atoms with Crippen LogP contribution in [0.1, 0.15) is 21.9 Å².